The number of benzene rings is 2. The third kappa shape index (κ3) is 3.34. The molecule has 2 aromatic rings. The molecule has 5 nitrogen and oxygen atoms in total. The fourth-order valence-corrected chi connectivity index (χ4v) is 5.65. The molecule has 32 heavy (non-hydrogen) atoms. The molecule has 2 saturated carbocycles. The van der Waals surface area contributed by atoms with Crippen LogP contribution in [0.4, 0.5) is 5.69 Å². The number of carbonyl (C=O) groups excluding carboxylic acids is 2. The van der Waals surface area contributed by atoms with Gasteiger partial charge in [-0.05, 0) is 55.0 Å². The zero-order chi connectivity index (χ0) is 23.3. The van der Waals surface area contributed by atoms with Crippen molar-refractivity contribution < 1.29 is 14.4 Å². The lowest BCUT2D eigenvalue weighted by molar-refractivity contribution is -0.130. The van der Waals surface area contributed by atoms with Crippen LogP contribution in [0.2, 0.25) is 10.0 Å². The highest BCUT2D eigenvalue weighted by molar-refractivity contribution is 6.33. The van der Waals surface area contributed by atoms with E-state index in [4.69, 9.17) is 28.0 Å². The van der Waals surface area contributed by atoms with Crippen molar-refractivity contribution in [3.05, 3.63) is 63.6 Å². The van der Waals surface area contributed by atoms with E-state index in [0.717, 1.165) is 24.1 Å². The second-order valence-corrected chi connectivity index (χ2v) is 10.4. The lowest BCUT2D eigenvalue weighted by Crippen LogP contribution is -2.43. The molecular weight excluding hydrogens is 447 g/mol. The van der Waals surface area contributed by atoms with Crippen LogP contribution in [-0.2, 0) is 9.63 Å². The number of anilines is 1. The van der Waals surface area contributed by atoms with E-state index >= 15 is 0 Å². The van der Waals surface area contributed by atoms with Gasteiger partial charge in [-0.15, -0.1) is 0 Å². The van der Waals surface area contributed by atoms with Crippen molar-refractivity contribution in [2.75, 3.05) is 5.32 Å². The van der Waals surface area contributed by atoms with E-state index in [0.29, 0.717) is 22.2 Å². The lowest BCUT2D eigenvalue weighted by Gasteiger charge is -2.39. The summed E-state index contributed by atoms with van der Waals surface area (Å²) in [5.74, 6) is -0.667. The predicted octanol–water partition coefficient (Wildman–Crippen LogP) is 6.67. The molecule has 0 radical (unpaired) electrons. The van der Waals surface area contributed by atoms with Crippen molar-refractivity contribution in [3.8, 4) is 0 Å². The summed E-state index contributed by atoms with van der Waals surface area (Å²) in [6, 6.07) is 12.1. The molecule has 0 aromatic heterocycles. The number of nitrogens with one attached hydrogen (secondary N) is 1. The van der Waals surface area contributed by atoms with Gasteiger partial charge in [0.15, 0.2) is 0 Å². The minimum absolute atomic E-state index is 0.0563. The van der Waals surface area contributed by atoms with Crippen LogP contribution in [0.3, 0.4) is 0 Å². The number of amides is 1. The number of halogens is 2. The largest absolute Gasteiger partial charge is 0.367 e. The van der Waals surface area contributed by atoms with Crippen molar-refractivity contribution >= 4 is 46.5 Å². The quantitative estimate of drug-likeness (QED) is 0.398. The van der Waals surface area contributed by atoms with Gasteiger partial charge in [-0.25, -0.2) is 4.79 Å². The van der Waals surface area contributed by atoms with Crippen LogP contribution in [0.25, 0.3) is 0 Å². The fourth-order valence-electron chi connectivity index (χ4n) is 5.27. The average molecular weight is 473 g/mol. The maximum atomic E-state index is 13.6. The minimum atomic E-state index is -0.661. The summed E-state index contributed by atoms with van der Waals surface area (Å²) in [5.41, 5.74) is 1.23. The Labute approximate surface area is 198 Å². The van der Waals surface area contributed by atoms with E-state index in [-0.39, 0.29) is 22.3 Å². The van der Waals surface area contributed by atoms with Gasteiger partial charge in [0.2, 0.25) is 5.91 Å². The molecule has 0 spiro atoms. The first-order valence-corrected chi connectivity index (χ1v) is 11.4. The van der Waals surface area contributed by atoms with E-state index in [1.807, 2.05) is 13.0 Å². The highest BCUT2D eigenvalue weighted by Crippen LogP contribution is 2.71. The fraction of sp³-hybridized carbons (Fsp3) is 0.400. The molecule has 2 aliphatic rings. The van der Waals surface area contributed by atoms with Gasteiger partial charge in [-0.3, -0.25) is 4.79 Å². The molecule has 1 N–H and O–H groups in total. The summed E-state index contributed by atoms with van der Waals surface area (Å²) in [6.45, 7) is 8.23. The van der Waals surface area contributed by atoms with Crippen molar-refractivity contribution in [3.63, 3.8) is 0 Å². The second kappa shape index (κ2) is 7.89. The smallest absolute Gasteiger partial charge is 0.325 e. The van der Waals surface area contributed by atoms with Gasteiger partial charge in [-0.2, -0.15) is 0 Å². The summed E-state index contributed by atoms with van der Waals surface area (Å²) in [7, 11) is 0. The van der Waals surface area contributed by atoms with Crippen LogP contribution >= 0.6 is 23.2 Å². The molecule has 0 heterocycles. The second-order valence-electron chi connectivity index (χ2n) is 9.53. The van der Waals surface area contributed by atoms with Gasteiger partial charge in [0.1, 0.15) is 0 Å². The number of rotatable bonds is 4. The van der Waals surface area contributed by atoms with Crippen molar-refractivity contribution in [2.24, 2.45) is 21.4 Å². The van der Waals surface area contributed by atoms with Crippen LogP contribution in [0, 0.1) is 23.2 Å². The molecule has 2 aromatic carbocycles. The Kier molecular flexibility index (Phi) is 5.62. The molecule has 1 amide bonds. The highest BCUT2D eigenvalue weighted by Gasteiger charge is 2.71. The summed E-state index contributed by atoms with van der Waals surface area (Å²) >= 11 is 12.2. The molecule has 2 unspecified atom stereocenters. The molecule has 0 aliphatic heterocycles. The Bertz CT molecular complexity index is 1140. The molecule has 4 rings (SSSR count). The molecule has 2 bridgehead atoms. The first kappa shape index (κ1) is 22.8. The molecular formula is C25H26Cl2N2O3. The van der Waals surface area contributed by atoms with Crippen molar-refractivity contribution in [1.82, 2.24) is 0 Å². The topological polar surface area (TPSA) is 67.8 Å². The van der Waals surface area contributed by atoms with Crippen LogP contribution < -0.4 is 5.32 Å². The Morgan fingerprint density at radius 1 is 1.06 bits per heavy atom. The number of hydrogen-bond acceptors (Lipinski definition) is 4. The van der Waals surface area contributed by atoms with Crippen LogP contribution in [0.15, 0.2) is 47.6 Å². The number of nitrogens with zero attached hydrogens (tertiary/aromatic N) is 1. The van der Waals surface area contributed by atoms with Gasteiger partial charge in [0.05, 0.1) is 21.7 Å². The van der Waals surface area contributed by atoms with Gasteiger partial charge >= 0.3 is 5.97 Å². The third-order valence-corrected chi connectivity index (χ3v) is 8.51. The monoisotopic (exact) mass is 472 g/mol. The summed E-state index contributed by atoms with van der Waals surface area (Å²) < 4.78 is 0. The van der Waals surface area contributed by atoms with E-state index in [1.54, 1.807) is 36.4 Å². The normalized spacial score (nSPS) is 26.9. The predicted molar refractivity (Wildman–Crippen MR) is 127 cm³/mol. The van der Waals surface area contributed by atoms with Crippen LogP contribution in [0.1, 0.15) is 56.0 Å². The van der Waals surface area contributed by atoms with Gasteiger partial charge in [0.25, 0.3) is 0 Å². The molecule has 2 atom stereocenters. The first-order valence-electron chi connectivity index (χ1n) is 10.6. The summed E-state index contributed by atoms with van der Waals surface area (Å²) in [6.07, 6.45) is 1.95. The summed E-state index contributed by atoms with van der Waals surface area (Å²) in [5, 5.41) is 8.24. The zero-order valence-corrected chi connectivity index (χ0v) is 20.1. The van der Waals surface area contributed by atoms with Crippen molar-refractivity contribution in [2.45, 2.75) is 47.0 Å². The lowest BCUT2D eigenvalue weighted by atomic mass is 9.64. The number of aryl methyl sites for hydroxylation is 1. The molecule has 2 aliphatic carbocycles. The highest BCUT2D eigenvalue weighted by atomic mass is 35.5. The Hall–Kier alpha value is -2.37. The van der Waals surface area contributed by atoms with Gasteiger partial charge in [-0.1, -0.05) is 67.3 Å². The van der Waals surface area contributed by atoms with Crippen molar-refractivity contribution in [1.29, 1.82) is 0 Å². The first-order chi connectivity index (χ1) is 15.0. The molecule has 2 fully saturated rings. The molecule has 168 valence electrons. The standard InChI is InChI=1S/C25H26Cl2N2O3/c1-15-9-10-16(26)13-19(15)28-22(31)25-12-11-24(4,23(25,2)3)20(14-25)29-32-21(30)17-7-5-6-8-18(17)27/h5-10,13H,11-12,14H2,1-4H3,(H,28,31)/b29-20-. The maximum Gasteiger partial charge on any atom is 0.367 e. The van der Waals surface area contributed by atoms with Crippen LogP contribution in [0.5, 0.6) is 0 Å². The number of oxime groups is 1. The maximum absolute atomic E-state index is 13.6. The van der Waals surface area contributed by atoms with Crippen LogP contribution in [-0.4, -0.2) is 17.6 Å². The Balaban J connectivity index is 1.62. The molecule has 0 saturated heterocycles. The number of fused-ring (bicyclic) bond motifs is 2. The van der Waals surface area contributed by atoms with Gasteiger partial charge in [0, 0.05) is 22.5 Å². The third-order valence-electron chi connectivity index (χ3n) is 7.95. The number of hydrogen-bond donors (Lipinski definition) is 1. The minimum Gasteiger partial charge on any atom is -0.325 e. The van der Waals surface area contributed by atoms with E-state index in [2.05, 4.69) is 31.2 Å². The van der Waals surface area contributed by atoms with E-state index in [9.17, 15) is 9.59 Å². The SMILES string of the molecule is Cc1ccc(Cl)cc1NC(=O)C12CCC(C)(/C(=N\OC(=O)c3ccccc3Cl)C1)C2(C)C. The van der Waals surface area contributed by atoms with E-state index in [1.165, 1.54) is 0 Å². The number of carbonyl (C=O) groups is 2. The molecule has 7 heteroatoms. The Morgan fingerprint density at radius 3 is 2.50 bits per heavy atom. The Morgan fingerprint density at radius 2 is 1.78 bits per heavy atom. The zero-order valence-electron chi connectivity index (χ0n) is 18.6. The van der Waals surface area contributed by atoms with Gasteiger partial charge < -0.3 is 10.2 Å². The summed E-state index contributed by atoms with van der Waals surface area (Å²) in [4.78, 5) is 31.4. The average Bonchev–Trinajstić information content (AvgIpc) is 3.05. The van der Waals surface area contributed by atoms with E-state index < -0.39 is 11.4 Å².